The van der Waals surface area contributed by atoms with E-state index in [0.29, 0.717) is 22.2 Å². The molecule has 0 saturated carbocycles. The number of aryl methyl sites for hydroxylation is 1. The number of nitrogens with zero attached hydrogens (tertiary/aromatic N) is 1. The molecular weight excluding hydrogens is 279 g/mol. The Bertz CT molecular complexity index is 658. The van der Waals surface area contributed by atoms with Crippen molar-refractivity contribution in [3.63, 3.8) is 0 Å². The number of nitrogens with one attached hydrogen (secondary N) is 1. The lowest BCUT2D eigenvalue weighted by molar-refractivity contribution is 0.371. The summed E-state index contributed by atoms with van der Waals surface area (Å²) in [6.45, 7) is 5.63. The summed E-state index contributed by atoms with van der Waals surface area (Å²) >= 11 is 5.89. The molecule has 1 aromatic carbocycles. The van der Waals surface area contributed by atoms with Gasteiger partial charge in [-0.2, -0.15) is 0 Å². The molecule has 0 fully saturated rings. The first-order valence-electron chi connectivity index (χ1n) is 5.93. The molecular formula is C15H14ClFN2O. The Morgan fingerprint density at radius 2 is 2.10 bits per heavy atom. The van der Waals surface area contributed by atoms with E-state index in [4.69, 9.17) is 16.3 Å². The number of ether oxygens (including phenoxy) is 1. The number of anilines is 2. The third-order valence-corrected chi connectivity index (χ3v) is 3.08. The zero-order valence-electron chi connectivity index (χ0n) is 11.2. The van der Waals surface area contributed by atoms with Crippen molar-refractivity contribution in [1.29, 1.82) is 0 Å². The standard InChI is InChI=1S/C15H14ClFN2O/c1-9-6-11(17)4-5-13(9)19-14-8-18-15(16)7-12(14)10(2)20-3/h4-8,19H,2H2,1,3H3. The van der Waals surface area contributed by atoms with Gasteiger partial charge in [0, 0.05) is 11.3 Å². The first-order chi connectivity index (χ1) is 9.51. The molecule has 1 N–H and O–H groups in total. The van der Waals surface area contributed by atoms with Crippen LogP contribution in [-0.2, 0) is 4.74 Å². The Kier molecular flexibility index (Phi) is 4.25. The third kappa shape index (κ3) is 3.08. The number of hydrogen-bond acceptors (Lipinski definition) is 3. The normalized spacial score (nSPS) is 10.2. The number of rotatable bonds is 4. The van der Waals surface area contributed by atoms with Gasteiger partial charge < -0.3 is 10.1 Å². The van der Waals surface area contributed by atoms with Gasteiger partial charge in [0.25, 0.3) is 0 Å². The highest BCUT2D eigenvalue weighted by atomic mass is 35.5. The minimum absolute atomic E-state index is 0.274. The van der Waals surface area contributed by atoms with E-state index in [2.05, 4.69) is 16.9 Å². The molecule has 0 aliphatic rings. The van der Waals surface area contributed by atoms with Crippen molar-refractivity contribution in [3.05, 3.63) is 59.1 Å². The van der Waals surface area contributed by atoms with Gasteiger partial charge in [-0.3, -0.25) is 0 Å². The maximum Gasteiger partial charge on any atom is 0.129 e. The summed E-state index contributed by atoms with van der Waals surface area (Å²) in [7, 11) is 1.53. The van der Waals surface area contributed by atoms with Crippen molar-refractivity contribution >= 4 is 28.7 Å². The van der Waals surface area contributed by atoms with Crippen LogP contribution in [0.15, 0.2) is 37.0 Å². The van der Waals surface area contributed by atoms with E-state index in [0.717, 1.165) is 11.3 Å². The third-order valence-electron chi connectivity index (χ3n) is 2.88. The van der Waals surface area contributed by atoms with Crippen LogP contribution in [-0.4, -0.2) is 12.1 Å². The topological polar surface area (TPSA) is 34.1 Å². The fourth-order valence-corrected chi connectivity index (χ4v) is 1.94. The molecule has 5 heteroatoms. The molecule has 20 heavy (non-hydrogen) atoms. The first kappa shape index (κ1) is 14.3. The molecule has 0 aliphatic carbocycles. The molecule has 2 aromatic rings. The van der Waals surface area contributed by atoms with Crippen molar-refractivity contribution in [2.24, 2.45) is 0 Å². The SMILES string of the molecule is C=C(OC)c1cc(Cl)ncc1Nc1ccc(F)cc1C. The van der Waals surface area contributed by atoms with Crippen LogP contribution in [0.25, 0.3) is 5.76 Å². The van der Waals surface area contributed by atoms with Gasteiger partial charge in [0.15, 0.2) is 0 Å². The number of hydrogen-bond donors (Lipinski definition) is 1. The van der Waals surface area contributed by atoms with Gasteiger partial charge in [-0.25, -0.2) is 9.37 Å². The smallest absolute Gasteiger partial charge is 0.129 e. The number of benzene rings is 1. The molecule has 1 aromatic heterocycles. The molecule has 0 saturated heterocycles. The molecule has 0 amide bonds. The summed E-state index contributed by atoms with van der Waals surface area (Å²) in [6.07, 6.45) is 1.59. The van der Waals surface area contributed by atoms with Gasteiger partial charge in [-0.05, 0) is 36.8 Å². The van der Waals surface area contributed by atoms with E-state index < -0.39 is 0 Å². The van der Waals surface area contributed by atoms with Gasteiger partial charge in [-0.1, -0.05) is 18.2 Å². The van der Waals surface area contributed by atoms with Crippen LogP contribution >= 0.6 is 11.6 Å². The van der Waals surface area contributed by atoms with E-state index in [1.165, 1.54) is 19.2 Å². The van der Waals surface area contributed by atoms with Crippen molar-refractivity contribution < 1.29 is 9.13 Å². The number of methoxy groups -OCH3 is 1. The van der Waals surface area contributed by atoms with Crippen LogP contribution in [0.1, 0.15) is 11.1 Å². The van der Waals surface area contributed by atoms with E-state index in [1.807, 2.05) is 6.92 Å². The van der Waals surface area contributed by atoms with Crippen LogP contribution in [0.5, 0.6) is 0 Å². The van der Waals surface area contributed by atoms with Crippen LogP contribution in [0.3, 0.4) is 0 Å². The molecule has 0 bridgehead atoms. The maximum atomic E-state index is 13.1. The van der Waals surface area contributed by atoms with Crippen molar-refractivity contribution in [2.75, 3.05) is 12.4 Å². The van der Waals surface area contributed by atoms with Crippen molar-refractivity contribution in [1.82, 2.24) is 4.98 Å². The lowest BCUT2D eigenvalue weighted by Crippen LogP contribution is -1.99. The first-order valence-corrected chi connectivity index (χ1v) is 6.31. The average Bonchev–Trinajstić information content (AvgIpc) is 2.42. The van der Waals surface area contributed by atoms with Crippen LogP contribution in [0.4, 0.5) is 15.8 Å². The van der Waals surface area contributed by atoms with Crippen LogP contribution in [0.2, 0.25) is 5.15 Å². The summed E-state index contributed by atoms with van der Waals surface area (Å²) in [6, 6.07) is 6.17. The molecule has 0 atom stereocenters. The second kappa shape index (κ2) is 5.92. The van der Waals surface area contributed by atoms with E-state index in [1.54, 1.807) is 18.3 Å². The quantitative estimate of drug-likeness (QED) is 0.663. The van der Waals surface area contributed by atoms with Crippen LogP contribution < -0.4 is 5.32 Å². The van der Waals surface area contributed by atoms with E-state index in [9.17, 15) is 4.39 Å². The monoisotopic (exact) mass is 292 g/mol. The van der Waals surface area contributed by atoms with E-state index >= 15 is 0 Å². The minimum Gasteiger partial charge on any atom is -0.497 e. The zero-order chi connectivity index (χ0) is 14.7. The second-order valence-electron chi connectivity index (χ2n) is 4.26. The fourth-order valence-electron chi connectivity index (χ4n) is 1.78. The molecule has 2 rings (SSSR count). The minimum atomic E-state index is -0.274. The van der Waals surface area contributed by atoms with Crippen molar-refractivity contribution in [3.8, 4) is 0 Å². The lowest BCUT2D eigenvalue weighted by atomic mass is 10.1. The Morgan fingerprint density at radius 1 is 1.35 bits per heavy atom. The highest BCUT2D eigenvalue weighted by Crippen LogP contribution is 2.29. The Hall–Kier alpha value is -2.07. The molecule has 1 heterocycles. The largest absolute Gasteiger partial charge is 0.497 e. The predicted octanol–water partition coefficient (Wildman–Crippen LogP) is 4.54. The summed E-state index contributed by atoms with van der Waals surface area (Å²) in [5, 5.41) is 3.53. The van der Waals surface area contributed by atoms with Crippen molar-refractivity contribution in [2.45, 2.75) is 6.92 Å². The van der Waals surface area contributed by atoms with Gasteiger partial charge in [0.05, 0.1) is 19.0 Å². The van der Waals surface area contributed by atoms with Crippen LogP contribution in [0, 0.1) is 12.7 Å². The molecule has 0 unspecified atom stereocenters. The molecule has 0 aliphatic heterocycles. The second-order valence-corrected chi connectivity index (χ2v) is 4.65. The highest BCUT2D eigenvalue weighted by molar-refractivity contribution is 6.29. The number of pyridine rings is 1. The Balaban J connectivity index is 2.40. The van der Waals surface area contributed by atoms with Gasteiger partial charge >= 0.3 is 0 Å². The predicted molar refractivity (Wildman–Crippen MR) is 79.7 cm³/mol. The molecule has 3 nitrogen and oxygen atoms in total. The van der Waals surface area contributed by atoms with Gasteiger partial charge in [-0.15, -0.1) is 0 Å². The maximum absolute atomic E-state index is 13.1. The summed E-state index contributed by atoms with van der Waals surface area (Å²) < 4.78 is 18.2. The van der Waals surface area contributed by atoms with Gasteiger partial charge in [0.2, 0.25) is 0 Å². The number of halogens is 2. The number of aromatic nitrogens is 1. The summed E-state index contributed by atoms with van der Waals surface area (Å²) in [5.74, 6) is 0.195. The summed E-state index contributed by atoms with van der Waals surface area (Å²) in [4.78, 5) is 4.03. The van der Waals surface area contributed by atoms with E-state index in [-0.39, 0.29) is 5.82 Å². The van der Waals surface area contributed by atoms with Gasteiger partial charge in [0.1, 0.15) is 16.7 Å². The highest BCUT2D eigenvalue weighted by Gasteiger charge is 2.10. The molecule has 0 radical (unpaired) electrons. The lowest BCUT2D eigenvalue weighted by Gasteiger charge is -2.14. The average molecular weight is 293 g/mol. The summed E-state index contributed by atoms with van der Waals surface area (Å²) in [5.41, 5.74) is 2.96. The zero-order valence-corrected chi connectivity index (χ0v) is 12.0. The molecule has 104 valence electrons. The molecule has 0 spiro atoms. The fraction of sp³-hybridized carbons (Fsp3) is 0.133. The Morgan fingerprint density at radius 3 is 2.75 bits per heavy atom. The Labute approximate surface area is 122 Å².